The number of hydrogen-bond donors (Lipinski definition) is 2. The van der Waals surface area contributed by atoms with Gasteiger partial charge >= 0.3 is 11.9 Å². The lowest BCUT2D eigenvalue weighted by Crippen LogP contribution is -2.38. The van der Waals surface area contributed by atoms with Crippen molar-refractivity contribution < 1.29 is 34.1 Å². The third kappa shape index (κ3) is 15.6. The molecule has 0 aromatic heterocycles. The van der Waals surface area contributed by atoms with E-state index in [9.17, 15) is 24.6 Å². The van der Waals surface area contributed by atoms with Crippen LogP contribution in [0, 0.1) is 0 Å². The molecule has 1 saturated heterocycles. The van der Waals surface area contributed by atoms with E-state index in [1.54, 1.807) is 12.1 Å². The number of nitrogens with zero attached hydrogens (tertiary/aromatic N) is 1. The normalized spacial score (nSPS) is 17.0. The Balaban J connectivity index is 1.80. The topological polar surface area (TPSA) is 113 Å². The van der Waals surface area contributed by atoms with Crippen LogP contribution >= 0.6 is 0 Å². The van der Waals surface area contributed by atoms with E-state index in [0.29, 0.717) is 5.56 Å². The molecule has 2 N–H and O–H groups in total. The number of carbonyl (C=O) groups excluding carboxylic acids is 3. The average molecular weight is 632 g/mol. The summed E-state index contributed by atoms with van der Waals surface area (Å²) >= 11 is 0. The van der Waals surface area contributed by atoms with Gasteiger partial charge in [0.05, 0.1) is 5.56 Å². The number of ketones is 1. The van der Waals surface area contributed by atoms with Crippen LogP contribution in [-0.2, 0) is 19.1 Å². The third-order valence-corrected chi connectivity index (χ3v) is 8.78. The molecule has 0 radical (unpaired) electrons. The first kappa shape index (κ1) is 38.7. The number of aliphatic hydroxyl groups excluding tert-OH is 2. The maximum atomic E-state index is 12.6. The highest BCUT2D eigenvalue weighted by Gasteiger charge is 2.46. The molecule has 3 unspecified atom stereocenters. The van der Waals surface area contributed by atoms with Crippen molar-refractivity contribution in [1.82, 2.24) is 0 Å². The predicted octanol–water partition coefficient (Wildman–Crippen LogP) is 7.71. The molecule has 0 saturated carbocycles. The number of aliphatic hydroxyl groups is 2. The number of esters is 2. The van der Waals surface area contributed by atoms with Gasteiger partial charge in [-0.25, -0.2) is 9.59 Å². The molecule has 256 valence electrons. The van der Waals surface area contributed by atoms with Crippen molar-refractivity contribution in [2.24, 2.45) is 0 Å². The molecule has 0 aliphatic carbocycles. The zero-order valence-corrected chi connectivity index (χ0v) is 28.2. The second kappa shape index (κ2) is 23.8. The van der Waals surface area contributed by atoms with Gasteiger partial charge in [-0.15, -0.1) is 0 Å². The Labute approximate surface area is 272 Å². The van der Waals surface area contributed by atoms with Crippen LogP contribution in [0.3, 0.4) is 0 Å². The van der Waals surface area contributed by atoms with Crippen LogP contribution in [0.1, 0.15) is 153 Å². The molecule has 45 heavy (non-hydrogen) atoms. The number of benzene rings is 1. The first-order chi connectivity index (χ1) is 21.9. The Hall–Kier alpha value is -2.45. The molecule has 0 spiro atoms. The molecule has 3 atom stereocenters. The van der Waals surface area contributed by atoms with Gasteiger partial charge in [0.1, 0.15) is 12.7 Å². The predicted molar refractivity (Wildman–Crippen MR) is 180 cm³/mol. The van der Waals surface area contributed by atoms with Crippen molar-refractivity contribution in [2.75, 3.05) is 24.6 Å². The van der Waals surface area contributed by atoms with Crippen LogP contribution in [0.15, 0.2) is 24.3 Å². The standard InChI is InChI=1S/C37H61NO7/c1-3-5-7-9-11-13-15-17-19-21-27-38(28-22-20-18-16-14-12-10-8-6-4-2)31-25-23-30(24-26-31)36(42)44-29-32(39)35-33(40)34(41)37(43)45-35/h23-26,32,34-35,39,41H,3-22,27-29H2,1-2H3. The summed E-state index contributed by atoms with van der Waals surface area (Å²) in [5.41, 5.74) is 1.41. The largest absolute Gasteiger partial charge is 0.459 e. The van der Waals surface area contributed by atoms with Gasteiger partial charge in [-0.05, 0) is 37.1 Å². The number of rotatable bonds is 27. The number of carbonyl (C=O) groups is 3. The molecule has 1 aliphatic rings. The molecule has 1 fully saturated rings. The van der Waals surface area contributed by atoms with Crippen molar-refractivity contribution in [1.29, 1.82) is 0 Å². The Morgan fingerprint density at radius 2 is 1.16 bits per heavy atom. The molecule has 1 aromatic rings. The van der Waals surface area contributed by atoms with Crippen LogP contribution in [0.2, 0.25) is 0 Å². The van der Waals surface area contributed by atoms with Crippen LogP contribution < -0.4 is 4.90 Å². The van der Waals surface area contributed by atoms with Gasteiger partial charge in [-0.1, -0.05) is 129 Å². The van der Waals surface area contributed by atoms with Crippen LogP contribution in [0.5, 0.6) is 0 Å². The second-order valence-electron chi connectivity index (χ2n) is 12.7. The summed E-state index contributed by atoms with van der Waals surface area (Å²) < 4.78 is 9.87. The minimum absolute atomic E-state index is 0.332. The highest BCUT2D eigenvalue weighted by molar-refractivity contribution is 6.09. The van der Waals surface area contributed by atoms with Gasteiger partial charge in [-0.2, -0.15) is 0 Å². The van der Waals surface area contributed by atoms with Gasteiger partial charge in [0, 0.05) is 18.8 Å². The Bertz CT molecular complexity index is 927. The maximum absolute atomic E-state index is 12.6. The summed E-state index contributed by atoms with van der Waals surface area (Å²) in [7, 11) is 0. The third-order valence-electron chi connectivity index (χ3n) is 8.78. The summed E-state index contributed by atoms with van der Waals surface area (Å²) in [5, 5.41) is 19.6. The fourth-order valence-electron chi connectivity index (χ4n) is 5.88. The Morgan fingerprint density at radius 1 is 0.733 bits per heavy atom. The molecule has 8 nitrogen and oxygen atoms in total. The second-order valence-corrected chi connectivity index (χ2v) is 12.7. The fraction of sp³-hybridized carbons (Fsp3) is 0.757. The van der Waals surface area contributed by atoms with Gasteiger partial charge in [-0.3, -0.25) is 4.79 Å². The monoisotopic (exact) mass is 631 g/mol. The number of cyclic esters (lactones) is 1. The zero-order valence-electron chi connectivity index (χ0n) is 28.2. The molecule has 1 heterocycles. The van der Waals surface area contributed by atoms with Gasteiger partial charge in [0.25, 0.3) is 0 Å². The van der Waals surface area contributed by atoms with Crippen molar-refractivity contribution in [3.05, 3.63) is 29.8 Å². The number of unbranched alkanes of at least 4 members (excludes halogenated alkanes) is 18. The number of hydrogen-bond acceptors (Lipinski definition) is 8. The van der Waals surface area contributed by atoms with Crippen LogP contribution in [-0.4, -0.2) is 65.9 Å². The summed E-state index contributed by atoms with van der Waals surface area (Å²) in [6.07, 6.45) is 21.1. The number of anilines is 1. The lowest BCUT2D eigenvalue weighted by molar-refractivity contribution is -0.151. The van der Waals surface area contributed by atoms with Gasteiger partial charge in [0.15, 0.2) is 6.10 Å². The van der Waals surface area contributed by atoms with Gasteiger partial charge in [0.2, 0.25) is 11.9 Å². The first-order valence-corrected chi connectivity index (χ1v) is 18.0. The van der Waals surface area contributed by atoms with Gasteiger partial charge < -0.3 is 24.6 Å². The summed E-state index contributed by atoms with van der Waals surface area (Å²) in [5.74, 6) is -2.68. The summed E-state index contributed by atoms with van der Waals surface area (Å²) in [4.78, 5) is 38.2. The SMILES string of the molecule is CCCCCCCCCCCCN(CCCCCCCCCCCC)c1ccc(C(=O)OCC(O)C2OC(=O)C(O)C2=O)cc1. The first-order valence-electron chi connectivity index (χ1n) is 18.0. The van der Waals surface area contributed by atoms with Crippen LogP contribution in [0.25, 0.3) is 0 Å². The summed E-state index contributed by atoms with van der Waals surface area (Å²) in [6.45, 7) is 5.97. The van der Waals surface area contributed by atoms with E-state index >= 15 is 0 Å². The maximum Gasteiger partial charge on any atom is 0.343 e. The van der Waals surface area contributed by atoms with Crippen molar-refractivity contribution in [2.45, 2.75) is 161 Å². The minimum Gasteiger partial charge on any atom is -0.459 e. The van der Waals surface area contributed by atoms with E-state index in [4.69, 9.17) is 9.47 Å². The quantitative estimate of drug-likeness (QED) is 0.0577. The zero-order chi connectivity index (χ0) is 32.7. The molecule has 8 heteroatoms. The molecule has 1 aliphatic heterocycles. The van der Waals surface area contributed by atoms with E-state index in [1.165, 1.54) is 116 Å². The highest BCUT2D eigenvalue weighted by Crippen LogP contribution is 2.20. The number of Topliss-reactive ketones (excluding diaryl/α,β-unsaturated/α-hetero) is 1. The number of ether oxygens (including phenoxy) is 2. The molecule has 0 amide bonds. The minimum atomic E-state index is -1.91. The van der Waals surface area contributed by atoms with E-state index in [2.05, 4.69) is 18.7 Å². The average Bonchev–Trinajstić information content (AvgIpc) is 3.31. The molecule has 2 rings (SSSR count). The Morgan fingerprint density at radius 3 is 1.56 bits per heavy atom. The van der Waals surface area contributed by atoms with Crippen molar-refractivity contribution in [3.8, 4) is 0 Å². The molecule has 0 bridgehead atoms. The van der Waals surface area contributed by atoms with Crippen LogP contribution in [0.4, 0.5) is 5.69 Å². The fourth-order valence-corrected chi connectivity index (χ4v) is 5.88. The molecular formula is C37H61NO7. The van der Waals surface area contributed by atoms with E-state index in [1.807, 2.05) is 12.1 Å². The lowest BCUT2D eigenvalue weighted by Gasteiger charge is -2.25. The molecule has 1 aromatic carbocycles. The lowest BCUT2D eigenvalue weighted by atomic mass is 10.1. The smallest absolute Gasteiger partial charge is 0.343 e. The van der Waals surface area contributed by atoms with Crippen molar-refractivity contribution >= 4 is 23.4 Å². The highest BCUT2D eigenvalue weighted by atomic mass is 16.6. The van der Waals surface area contributed by atoms with E-state index in [0.717, 1.165) is 31.6 Å². The van der Waals surface area contributed by atoms with E-state index < -0.39 is 42.6 Å². The molecular weight excluding hydrogens is 570 g/mol. The van der Waals surface area contributed by atoms with E-state index in [-0.39, 0.29) is 0 Å². The summed E-state index contributed by atoms with van der Waals surface area (Å²) in [6, 6.07) is 7.33. The van der Waals surface area contributed by atoms with Crippen molar-refractivity contribution in [3.63, 3.8) is 0 Å². The Kier molecular flexibility index (Phi) is 20.5.